The molecule has 0 aliphatic carbocycles. The van der Waals surface area contributed by atoms with E-state index in [0.29, 0.717) is 67.2 Å². The summed E-state index contributed by atoms with van der Waals surface area (Å²) >= 11 is 0. The summed E-state index contributed by atoms with van der Waals surface area (Å²) in [4.78, 5) is 190. The van der Waals surface area contributed by atoms with Crippen LogP contribution in [-0.2, 0) is 35.2 Å². The van der Waals surface area contributed by atoms with E-state index in [0.717, 1.165) is 61.1 Å². The van der Waals surface area contributed by atoms with Crippen LogP contribution in [0.3, 0.4) is 0 Å². The fraction of sp³-hybridized carbons (Fsp3) is 0.224. The molecule has 32 nitrogen and oxygen atoms in total. The summed E-state index contributed by atoms with van der Waals surface area (Å²) in [5.74, 6) is 1.16. The van der Waals surface area contributed by atoms with Crippen LogP contribution in [0.4, 0.5) is 0 Å². The molecular weight excluding hydrogens is 1280 g/mol. The van der Waals surface area contributed by atoms with Crippen LogP contribution in [0.5, 0.6) is 0 Å². The number of Topliss-reactive ketones (excluding diaryl/α,β-unsaturated/α-hetero) is 2. The molecule has 500 valence electrons. The van der Waals surface area contributed by atoms with Gasteiger partial charge in [0.05, 0.1) is 55.2 Å². The van der Waals surface area contributed by atoms with Gasteiger partial charge in [0, 0.05) is 46.4 Å². The highest BCUT2D eigenvalue weighted by molar-refractivity contribution is 6.00. The van der Waals surface area contributed by atoms with Crippen LogP contribution in [0, 0.1) is 55.4 Å². The summed E-state index contributed by atoms with van der Waals surface area (Å²) < 4.78 is 8.40. The maximum absolute atomic E-state index is 11.8. The van der Waals surface area contributed by atoms with Crippen molar-refractivity contribution in [1.29, 1.82) is 0 Å². The van der Waals surface area contributed by atoms with Gasteiger partial charge in [0.25, 0.3) is 27.8 Å². The topological polar surface area (TPSA) is 437 Å². The minimum absolute atomic E-state index is 0.0575. The standard InChI is InChI=1S/2C14H12N4O3.3C13H12N4O2/c1-6-4-10-9(5-8(6)7(2)19)15-11-12(18(10)3)16-14(21)17-13(11)20;1-6-4-9-10(5-8(6)7(2)19)18(3)12-11(15-9)13(20)17-14(21)16-12;3*1-6-4-8-9(5-7(6)2)17(3)11-10(14-8)12(18)16-13(19)15-11/h2*4-5H,1-3H3,(H,17,20,21);3*4-5H,1-3H3,(H,16,18,19). The molecule has 0 amide bonds. The van der Waals surface area contributed by atoms with Crippen molar-refractivity contribution in [1.82, 2.24) is 97.6 Å². The molecule has 10 heterocycles. The second kappa shape index (κ2) is 25.5. The molecule has 32 heteroatoms. The Labute approximate surface area is 554 Å². The van der Waals surface area contributed by atoms with Crippen molar-refractivity contribution in [3.05, 3.63) is 220 Å². The van der Waals surface area contributed by atoms with Gasteiger partial charge in [-0.1, -0.05) is 0 Å². The number of hydrogen-bond acceptors (Lipinski definition) is 22. The monoisotopic (exact) mass is 1340 g/mol. The van der Waals surface area contributed by atoms with E-state index in [1.165, 1.54) is 13.8 Å². The van der Waals surface area contributed by atoms with Crippen molar-refractivity contribution < 1.29 is 9.59 Å². The van der Waals surface area contributed by atoms with Gasteiger partial charge in [-0.2, -0.15) is 24.9 Å². The molecule has 0 aromatic heterocycles. The summed E-state index contributed by atoms with van der Waals surface area (Å²) in [5, 5.41) is 0. The van der Waals surface area contributed by atoms with E-state index in [9.17, 15) is 57.5 Å². The zero-order valence-corrected chi connectivity index (χ0v) is 55.9. The summed E-state index contributed by atoms with van der Waals surface area (Å²) in [6.07, 6.45) is 0. The second-order valence-corrected chi connectivity index (χ2v) is 23.8. The van der Waals surface area contributed by atoms with Crippen LogP contribution in [-0.4, -0.2) is 109 Å². The molecule has 10 aliphatic rings. The average Bonchev–Trinajstić information content (AvgIpc) is 0.790. The maximum Gasteiger partial charge on any atom is 0.349 e. The number of rotatable bonds is 2. The molecule has 15 rings (SSSR count). The number of nitrogens with zero attached hydrogens (tertiary/aromatic N) is 15. The lowest BCUT2D eigenvalue weighted by Crippen LogP contribution is -2.28. The molecule has 0 radical (unpaired) electrons. The molecule has 10 aliphatic heterocycles. The number of aromatic nitrogens is 20. The van der Waals surface area contributed by atoms with Gasteiger partial charge >= 0.3 is 28.4 Å². The average molecular weight is 1340 g/mol. The van der Waals surface area contributed by atoms with Crippen LogP contribution in [0.15, 0.2) is 109 Å². The van der Waals surface area contributed by atoms with Gasteiger partial charge < -0.3 is 22.8 Å². The quantitative estimate of drug-likeness (QED) is 0.122. The lowest BCUT2D eigenvalue weighted by molar-refractivity contribution is 0.100. The highest BCUT2D eigenvalue weighted by Gasteiger charge is 2.23. The Morgan fingerprint density at radius 3 is 0.687 bits per heavy atom. The number of ketones is 2. The van der Waals surface area contributed by atoms with Gasteiger partial charge in [-0.05, 0) is 174 Å². The van der Waals surface area contributed by atoms with Crippen molar-refractivity contribution in [2.75, 3.05) is 0 Å². The van der Waals surface area contributed by atoms with Crippen molar-refractivity contribution in [2.45, 2.75) is 69.2 Å². The Hall–Kier alpha value is -13.2. The predicted octanol–water partition coefficient (Wildman–Crippen LogP) is 3.48. The molecular formula is C67H60N20O12. The van der Waals surface area contributed by atoms with Crippen molar-refractivity contribution in [3.8, 4) is 57.6 Å². The lowest BCUT2D eigenvalue weighted by atomic mass is 10.0. The number of fused-ring (bicyclic) bond motifs is 10. The van der Waals surface area contributed by atoms with Crippen LogP contribution < -0.4 is 56.2 Å². The third-order valence-corrected chi connectivity index (χ3v) is 17.0. The third-order valence-electron chi connectivity index (χ3n) is 17.0. The number of aromatic amines is 5. The zero-order valence-electron chi connectivity index (χ0n) is 55.9. The normalized spacial score (nSPS) is 11.3. The maximum atomic E-state index is 11.8. The Morgan fingerprint density at radius 1 is 0.263 bits per heavy atom. The minimum atomic E-state index is -0.719. The third kappa shape index (κ3) is 12.6. The highest BCUT2D eigenvalue weighted by Crippen LogP contribution is 2.28. The largest absolute Gasteiger partial charge is 0.349 e. The van der Waals surface area contributed by atoms with Gasteiger partial charge in [-0.3, -0.25) is 58.5 Å². The Morgan fingerprint density at radius 2 is 0.444 bits per heavy atom. The molecule has 0 bridgehead atoms. The summed E-state index contributed by atoms with van der Waals surface area (Å²) in [6.45, 7) is 18.6. The fourth-order valence-corrected chi connectivity index (χ4v) is 11.3. The number of H-pyrrole nitrogens is 5. The van der Waals surface area contributed by atoms with Crippen LogP contribution >= 0.6 is 0 Å². The molecule has 0 saturated carbocycles. The van der Waals surface area contributed by atoms with Crippen molar-refractivity contribution in [2.24, 2.45) is 35.2 Å². The number of carbonyl (C=O) groups excluding carboxylic acids is 2. The molecule has 0 fully saturated rings. The van der Waals surface area contributed by atoms with E-state index in [-0.39, 0.29) is 51.7 Å². The zero-order chi connectivity index (χ0) is 71.8. The molecule has 99 heavy (non-hydrogen) atoms. The smallest absolute Gasteiger partial charge is 0.325 e. The first-order valence-corrected chi connectivity index (χ1v) is 30.2. The SMILES string of the molecule is CC(=O)c1cc2c(cc1C)nc1c(=O)[nH]c(=O)nc-1n2C.CC(=O)c1cc2nc3c(=O)[nH]c(=O)nc-3n(C)c2cc1C.Cc1cc2nc3c(=O)[nH]c(=O)nc-3n(C)c2cc1C.Cc1cc2nc3c(=O)[nH]c(=O)nc-3n(C)c2cc1C.Cc1cc2nc3c(=O)[nH]c(=O)nc-3n(C)c2cc1C. The summed E-state index contributed by atoms with van der Waals surface area (Å²) in [5.41, 5.74) is 11.1. The number of hydrogen-bond donors (Lipinski definition) is 5. The number of carbonyl (C=O) groups is 2. The Balaban J connectivity index is 0.000000125. The second-order valence-electron chi connectivity index (χ2n) is 23.8. The van der Waals surface area contributed by atoms with E-state index in [1.54, 1.807) is 82.3 Å². The van der Waals surface area contributed by atoms with Gasteiger partial charge in [0.15, 0.2) is 69.2 Å². The van der Waals surface area contributed by atoms with Crippen LogP contribution in [0.25, 0.3) is 113 Å². The van der Waals surface area contributed by atoms with Gasteiger partial charge in [-0.25, -0.2) is 48.9 Å². The molecule has 0 unspecified atom stereocenters. The van der Waals surface area contributed by atoms with Gasteiger partial charge in [-0.15, -0.1) is 0 Å². The van der Waals surface area contributed by atoms with Crippen LogP contribution in [0.1, 0.15) is 79.1 Å². The predicted molar refractivity (Wildman–Crippen MR) is 368 cm³/mol. The first kappa shape index (κ1) is 67.3. The van der Waals surface area contributed by atoms with Crippen LogP contribution in [0.2, 0.25) is 0 Å². The number of benzene rings is 5. The van der Waals surface area contributed by atoms with Gasteiger partial charge in [0.1, 0.15) is 0 Å². The summed E-state index contributed by atoms with van der Waals surface area (Å²) in [7, 11) is 8.69. The Bertz CT molecular complexity index is 6090. The van der Waals surface area contributed by atoms with E-state index < -0.39 is 56.2 Å². The molecule has 5 N–H and O–H groups in total. The summed E-state index contributed by atoms with van der Waals surface area (Å²) in [6, 6.07) is 18.6. The van der Waals surface area contributed by atoms with E-state index in [2.05, 4.69) is 74.8 Å². The molecule has 0 saturated heterocycles. The first-order chi connectivity index (χ1) is 46.7. The Kier molecular flexibility index (Phi) is 17.3. The number of nitrogens with one attached hydrogen (secondary N) is 5. The minimum Gasteiger partial charge on any atom is -0.325 e. The number of aryl methyl sites for hydroxylation is 13. The highest BCUT2D eigenvalue weighted by atomic mass is 16.2. The van der Waals surface area contributed by atoms with E-state index >= 15 is 0 Å². The van der Waals surface area contributed by atoms with E-state index in [1.807, 2.05) is 91.8 Å². The molecule has 5 aromatic rings. The lowest BCUT2D eigenvalue weighted by Gasteiger charge is -2.14. The van der Waals surface area contributed by atoms with E-state index in [4.69, 9.17) is 0 Å². The molecule has 0 spiro atoms. The fourth-order valence-electron chi connectivity index (χ4n) is 11.3. The molecule has 0 atom stereocenters. The molecule has 5 aromatic carbocycles. The first-order valence-electron chi connectivity index (χ1n) is 30.2. The van der Waals surface area contributed by atoms with Gasteiger partial charge in [0.2, 0.25) is 0 Å². The van der Waals surface area contributed by atoms with Crippen molar-refractivity contribution >= 4 is 66.7 Å². The van der Waals surface area contributed by atoms with Crippen molar-refractivity contribution in [3.63, 3.8) is 0 Å².